The normalized spacial score (nSPS) is 24.9. The number of ether oxygens (including phenoxy) is 1. The molecule has 3 aliphatic rings. The van der Waals surface area contributed by atoms with Gasteiger partial charge in [0, 0.05) is 31.1 Å². The number of carbonyl (C=O) groups excluding carboxylic acids is 1. The standard InChI is InChI=1S/C21H25F2NO4/c22-17-10-15(11-18(23)19(17)20(25)13-1-2-13)28-8-5-14-9-16(14)12-3-6-24(7-4-12)21(26)27/h10-14,16H,1-9H2,(H,26,27)/t14-,16-/m1/s1. The molecule has 5 nitrogen and oxygen atoms in total. The first kappa shape index (κ1) is 19.2. The van der Waals surface area contributed by atoms with Crippen molar-refractivity contribution >= 4 is 11.9 Å². The molecular weight excluding hydrogens is 368 g/mol. The zero-order valence-electron chi connectivity index (χ0n) is 15.7. The molecule has 2 saturated carbocycles. The maximum absolute atomic E-state index is 14.2. The van der Waals surface area contributed by atoms with Crippen molar-refractivity contribution in [1.82, 2.24) is 4.90 Å². The second-order valence-electron chi connectivity index (χ2n) is 8.30. The van der Waals surface area contributed by atoms with E-state index in [0.29, 0.717) is 50.3 Å². The number of benzene rings is 1. The fraction of sp³-hybridized carbons (Fsp3) is 0.619. The maximum atomic E-state index is 14.2. The zero-order valence-corrected chi connectivity index (χ0v) is 15.7. The topological polar surface area (TPSA) is 66.8 Å². The molecule has 1 aliphatic heterocycles. The number of halogens is 2. The van der Waals surface area contributed by atoms with Crippen LogP contribution in [-0.2, 0) is 0 Å². The summed E-state index contributed by atoms with van der Waals surface area (Å²) in [5.41, 5.74) is -0.440. The Balaban J connectivity index is 1.23. The number of nitrogens with zero attached hydrogens (tertiary/aromatic N) is 1. The molecule has 0 unspecified atom stereocenters. The molecule has 28 heavy (non-hydrogen) atoms. The van der Waals surface area contributed by atoms with Gasteiger partial charge in [0.2, 0.25) is 0 Å². The molecule has 1 aromatic rings. The van der Waals surface area contributed by atoms with Crippen LogP contribution in [0.2, 0.25) is 0 Å². The van der Waals surface area contributed by atoms with Gasteiger partial charge in [-0.05, 0) is 56.3 Å². The van der Waals surface area contributed by atoms with Crippen LogP contribution in [0.25, 0.3) is 0 Å². The van der Waals surface area contributed by atoms with Crippen LogP contribution in [0.1, 0.15) is 48.9 Å². The lowest BCUT2D eigenvalue weighted by Crippen LogP contribution is -2.38. The minimum Gasteiger partial charge on any atom is -0.493 e. The largest absolute Gasteiger partial charge is 0.493 e. The Labute approximate surface area is 162 Å². The third-order valence-electron chi connectivity index (χ3n) is 6.36. The third kappa shape index (κ3) is 4.13. The van der Waals surface area contributed by atoms with Crippen molar-refractivity contribution < 1.29 is 28.2 Å². The monoisotopic (exact) mass is 393 g/mol. The highest BCUT2D eigenvalue weighted by Crippen LogP contribution is 2.49. The summed E-state index contributed by atoms with van der Waals surface area (Å²) < 4.78 is 33.8. The lowest BCUT2D eigenvalue weighted by molar-refractivity contribution is 0.0959. The first-order valence-electron chi connectivity index (χ1n) is 10.1. The summed E-state index contributed by atoms with van der Waals surface area (Å²) >= 11 is 0. The van der Waals surface area contributed by atoms with Gasteiger partial charge in [-0.15, -0.1) is 0 Å². The number of carboxylic acid groups (broad SMARTS) is 1. The van der Waals surface area contributed by atoms with E-state index in [9.17, 15) is 18.4 Å². The molecule has 2 aliphatic carbocycles. The average Bonchev–Trinajstić information content (AvgIpc) is 3.55. The van der Waals surface area contributed by atoms with Gasteiger partial charge >= 0.3 is 6.09 Å². The number of piperidine rings is 1. The molecule has 0 spiro atoms. The number of Topliss-reactive ketones (excluding diaryl/α,β-unsaturated/α-hetero) is 1. The molecule has 7 heteroatoms. The molecule has 1 amide bonds. The van der Waals surface area contributed by atoms with E-state index in [-0.39, 0.29) is 11.7 Å². The van der Waals surface area contributed by atoms with E-state index in [1.165, 1.54) is 4.90 Å². The Morgan fingerprint density at radius 3 is 2.32 bits per heavy atom. The number of carbonyl (C=O) groups is 2. The highest BCUT2D eigenvalue weighted by atomic mass is 19.1. The van der Waals surface area contributed by atoms with Gasteiger partial charge < -0.3 is 14.7 Å². The molecule has 1 aromatic carbocycles. The number of hydrogen-bond donors (Lipinski definition) is 1. The average molecular weight is 393 g/mol. The first-order valence-corrected chi connectivity index (χ1v) is 10.1. The van der Waals surface area contributed by atoms with Crippen LogP contribution in [0.4, 0.5) is 13.6 Å². The van der Waals surface area contributed by atoms with Gasteiger partial charge in [-0.3, -0.25) is 4.79 Å². The molecule has 4 rings (SSSR count). The van der Waals surface area contributed by atoms with E-state index in [0.717, 1.165) is 37.8 Å². The smallest absolute Gasteiger partial charge is 0.407 e. The quantitative estimate of drug-likeness (QED) is 0.700. The van der Waals surface area contributed by atoms with Crippen molar-refractivity contribution in [3.05, 3.63) is 29.3 Å². The molecule has 2 atom stereocenters. The predicted molar refractivity (Wildman–Crippen MR) is 97.4 cm³/mol. The summed E-state index contributed by atoms with van der Waals surface area (Å²) in [7, 11) is 0. The van der Waals surface area contributed by atoms with Gasteiger partial charge in [-0.25, -0.2) is 13.6 Å². The van der Waals surface area contributed by atoms with E-state index in [1.54, 1.807) is 0 Å². The van der Waals surface area contributed by atoms with Gasteiger partial charge in [0.25, 0.3) is 0 Å². The minimum absolute atomic E-state index is 0.120. The highest BCUT2D eigenvalue weighted by molar-refractivity contribution is 5.99. The molecule has 1 heterocycles. The summed E-state index contributed by atoms with van der Waals surface area (Å²) in [5, 5.41) is 9.01. The SMILES string of the molecule is O=C(c1c(F)cc(OCC[C@@H]2C[C@@H]2C2CCN(C(=O)O)CC2)cc1F)C1CC1. The summed E-state index contributed by atoms with van der Waals surface area (Å²) in [6, 6.07) is 2.20. The summed E-state index contributed by atoms with van der Waals surface area (Å²) in [5.74, 6) is -0.556. The van der Waals surface area contributed by atoms with Crippen LogP contribution >= 0.6 is 0 Å². The molecular formula is C21H25F2NO4. The van der Waals surface area contributed by atoms with Crippen molar-refractivity contribution in [1.29, 1.82) is 0 Å². The van der Waals surface area contributed by atoms with Crippen LogP contribution in [0.5, 0.6) is 5.75 Å². The molecule has 152 valence electrons. The molecule has 1 saturated heterocycles. The van der Waals surface area contributed by atoms with Crippen molar-refractivity contribution in [2.75, 3.05) is 19.7 Å². The molecule has 0 radical (unpaired) electrons. The second kappa shape index (κ2) is 7.68. The first-order chi connectivity index (χ1) is 13.4. The number of rotatable bonds is 7. The zero-order chi connectivity index (χ0) is 19.8. The van der Waals surface area contributed by atoms with Crippen LogP contribution in [-0.4, -0.2) is 41.6 Å². The van der Waals surface area contributed by atoms with Crippen molar-refractivity contribution in [3.63, 3.8) is 0 Å². The minimum atomic E-state index is -0.846. The summed E-state index contributed by atoms with van der Waals surface area (Å²) in [4.78, 5) is 24.4. The maximum Gasteiger partial charge on any atom is 0.407 e. The molecule has 3 fully saturated rings. The second-order valence-corrected chi connectivity index (χ2v) is 8.30. The van der Waals surface area contributed by atoms with E-state index >= 15 is 0 Å². The number of likely N-dealkylation sites (tertiary alicyclic amines) is 1. The van der Waals surface area contributed by atoms with Gasteiger partial charge in [-0.1, -0.05) is 0 Å². The van der Waals surface area contributed by atoms with Crippen LogP contribution < -0.4 is 4.74 Å². The Morgan fingerprint density at radius 1 is 1.11 bits per heavy atom. The van der Waals surface area contributed by atoms with Crippen molar-refractivity contribution in [2.45, 2.75) is 38.5 Å². The van der Waals surface area contributed by atoms with Crippen molar-refractivity contribution in [3.8, 4) is 5.75 Å². The fourth-order valence-electron chi connectivity index (χ4n) is 4.45. The number of amides is 1. The Kier molecular flexibility index (Phi) is 5.25. The van der Waals surface area contributed by atoms with Gasteiger partial charge in [0.05, 0.1) is 12.2 Å². The summed E-state index contributed by atoms with van der Waals surface area (Å²) in [6.07, 6.45) is 4.29. The lowest BCUT2D eigenvalue weighted by atomic mass is 9.91. The Bertz CT molecular complexity index is 749. The highest BCUT2D eigenvalue weighted by Gasteiger charge is 2.43. The number of ketones is 1. The third-order valence-corrected chi connectivity index (χ3v) is 6.36. The van der Waals surface area contributed by atoms with E-state index in [2.05, 4.69) is 0 Å². The molecule has 0 aromatic heterocycles. The summed E-state index contributed by atoms with van der Waals surface area (Å²) in [6.45, 7) is 1.58. The Morgan fingerprint density at radius 2 is 1.75 bits per heavy atom. The van der Waals surface area contributed by atoms with Gasteiger partial charge in [0.15, 0.2) is 5.78 Å². The molecule has 1 N–H and O–H groups in total. The van der Waals surface area contributed by atoms with E-state index in [4.69, 9.17) is 9.84 Å². The van der Waals surface area contributed by atoms with E-state index < -0.39 is 29.1 Å². The van der Waals surface area contributed by atoms with Crippen LogP contribution in [0, 0.1) is 35.3 Å². The van der Waals surface area contributed by atoms with E-state index in [1.807, 2.05) is 0 Å². The van der Waals surface area contributed by atoms with Gasteiger partial charge in [0.1, 0.15) is 17.4 Å². The lowest BCUT2D eigenvalue weighted by Gasteiger charge is -2.30. The predicted octanol–water partition coefficient (Wildman–Crippen LogP) is 4.35. The fourth-order valence-corrected chi connectivity index (χ4v) is 4.45. The van der Waals surface area contributed by atoms with Crippen LogP contribution in [0.15, 0.2) is 12.1 Å². The Hall–Kier alpha value is -2.18. The molecule has 0 bridgehead atoms. The van der Waals surface area contributed by atoms with Gasteiger partial charge in [-0.2, -0.15) is 0 Å². The number of hydrogen-bond acceptors (Lipinski definition) is 3. The van der Waals surface area contributed by atoms with Crippen molar-refractivity contribution in [2.24, 2.45) is 23.7 Å². The van der Waals surface area contributed by atoms with Crippen LogP contribution in [0.3, 0.4) is 0 Å².